The van der Waals surface area contributed by atoms with Gasteiger partial charge in [0.2, 0.25) is 5.91 Å². The number of hydrogen-bond acceptors (Lipinski definition) is 3. The van der Waals surface area contributed by atoms with E-state index in [1.807, 2.05) is 4.90 Å². The van der Waals surface area contributed by atoms with Crippen molar-refractivity contribution in [2.24, 2.45) is 0 Å². The van der Waals surface area contributed by atoms with E-state index in [1.54, 1.807) is 6.26 Å². The van der Waals surface area contributed by atoms with Gasteiger partial charge in [-0.1, -0.05) is 19.8 Å². The monoisotopic (exact) mass is 271 g/mol. The van der Waals surface area contributed by atoms with Gasteiger partial charge < -0.3 is 4.18 Å². The zero-order valence-electron chi connectivity index (χ0n) is 11.1. The van der Waals surface area contributed by atoms with Crippen LogP contribution in [0.15, 0.2) is 12.5 Å². The van der Waals surface area contributed by atoms with Crippen molar-refractivity contribution in [3.63, 3.8) is 0 Å². The fourth-order valence-corrected chi connectivity index (χ4v) is 3.23. The molecule has 0 bridgehead atoms. The number of hydrogen-bond donors (Lipinski definition) is 0. The Balaban J connectivity index is 1.86. The third-order valence-electron chi connectivity index (χ3n) is 3.55. The van der Waals surface area contributed by atoms with E-state index in [2.05, 4.69) is 13.1 Å². The van der Waals surface area contributed by atoms with Crippen LogP contribution in [0.2, 0.25) is 0 Å². The minimum absolute atomic E-state index is 0.293. The van der Waals surface area contributed by atoms with E-state index in [-0.39, 0.29) is 0 Å². The molecule has 2 aliphatic heterocycles. The molecule has 1 unspecified atom stereocenters. The van der Waals surface area contributed by atoms with E-state index in [1.165, 1.54) is 37.9 Å². The lowest BCUT2D eigenvalue weighted by atomic mass is 10.2. The van der Waals surface area contributed by atoms with Crippen molar-refractivity contribution in [1.29, 1.82) is 0 Å². The van der Waals surface area contributed by atoms with Crippen LogP contribution in [0.1, 0.15) is 45.4 Å². The Kier molecular flexibility index (Phi) is 4.95. The molecule has 2 aliphatic rings. The average molecular weight is 271 g/mol. The van der Waals surface area contributed by atoms with E-state index in [0.29, 0.717) is 12.3 Å². The van der Waals surface area contributed by atoms with Crippen molar-refractivity contribution in [2.45, 2.75) is 45.4 Å². The molecule has 5 heteroatoms. The lowest BCUT2D eigenvalue weighted by molar-refractivity contribution is -0.751. The molecular weight excluding hydrogens is 248 g/mol. The Labute approximate surface area is 114 Å². The quantitative estimate of drug-likeness (QED) is 0.308. The third-order valence-corrected chi connectivity index (χ3v) is 4.47. The second kappa shape index (κ2) is 6.48. The number of rotatable bonds is 7. The van der Waals surface area contributed by atoms with Gasteiger partial charge in [-0.3, -0.25) is 9.69 Å². The minimum atomic E-state index is 0.293. The van der Waals surface area contributed by atoms with E-state index in [4.69, 9.17) is 4.18 Å². The van der Waals surface area contributed by atoms with Crippen LogP contribution in [-0.4, -0.2) is 34.5 Å². The molecule has 2 rings (SSSR count). The second-order valence-corrected chi connectivity index (χ2v) is 6.16. The maximum Gasteiger partial charge on any atom is 0.319 e. The summed E-state index contributed by atoms with van der Waals surface area (Å²) in [7, 11) is 0. The van der Waals surface area contributed by atoms with Crippen LogP contribution >= 0.6 is 12.2 Å². The highest BCUT2D eigenvalue weighted by Gasteiger charge is 2.37. The van der Waals surface area contributed by atoms with Crippen LogP contribution in [-0.2, 0) is 8.98 Å². The molecule has 102 valence electrons. The summed E-state index contributed by atoms with van der Waals surface area (Å²) in [5, 5.41) is 0. The van der Waals surface area contributed by atoms with E-state index >= 15 is 0 Å². The maximum absolute atomic E-state index is 11.7. The van der Waals surface area contributed by atoms with Crippen molar-refractivity contribution in [3.05, 3.63) is 12.5 Å². The van der Waals surface area contributed by atoms with E-state index < -0.39 is 0 Å². The molecule has 2 heterocycles. The van der Waals surface area contributed by atoms with Gasteiger partial charge in [-0.05, 0) is 19.3 Å². The van der Waals surface area contributed by atoms with Crippen molar-refractivity contribution in [1.82, 2.24) is 4.90 Å². The highest BCUT2D eigenvalue weighted by molar-refractivity contribution is 7.89. The molecular formula is C13H23N2O2S+. The molecule has 0 aromatic heterocycles. The summed E-state index contributed by atoms with van der Waals surface area (Å²) in [6, 6.07) is 0. The van der Waals surface area contributed by atoms with Crippen LogP contribution < -0.4 is 0 Å². The number of nitrogens with zero attached hydrogens (tertiary/aromatic N) is 2. The summed E-state index contributed by atoms with van der Waals surface area (Å²) < 4.78 is 6.05. The van der Waals surface area contributed by atoms with Crippen LogP contribution in [0.4, 0.5) is 0 Å². The lowest BCUT2D eigenvalue weighted by Crippen LogP contribution is -2.45. The van der Waals surface area contributed by atoms with Gasteiger partial charge in [0.05, 0.1) is 6.54 Å². The van der Waals surface area contributed by atoms with Gasteiger partial charge in [0.15, 0.2) is 12.9 Å². The van der Waals surface area contributed by atoms with Crippen LogP contribution in [0, 0.1) is 0 Å². The second-order valence-electron chi connectivity index (χ2n) is 5.09. The Morgan fingerprint density at radius 3 is 2.94 bits per heavy atom. The summed E-state index contributed by atoms with van der Waals surface area (Å²) in [5.41, 5.74) is 0. The fraction of sp³-hybridized carbons (Fsp3) is 0.769. The zero-order valence-corrected chi connectivity index (χ0v) is 12.0. The molecule has 0 spiro atoms. The smallest absolute Gasteiger partial charge is 0.319 e. The fourth-order valence-electron chi connectivity index (χ4n) is 2.47. The summed E-state index contributed by atoms with van der Waals surface area (Å²) in [6.45, 7) is 4.93. The van der Waals surface area contributed by atoms with Crippen LogP contribution in [0.5, 0.6) is 0 Å². The molecule has 4 nitrogen and oxygen atoms in total. The molecule has 0 aliphatic carbocycles. The van der Waals surface area contributed by atoms with Crippen LogP contribution in [0.25, 0.3) is 0 Å². The first kappa shape index (κ1) is 13.7. The first-order valence-corrected chi connectivity index (χ1v) is 7.63. The first-order chi connectivity index (χ1) is 8.76. The molecule has 0 aromatic carbocycles. The van der Waals surface area contributed by atoms with Crippen molar-refractivity contribution >= 4 is 18.1 Å². The minimum Gasteiger partial charge on any atom is -0.380 e. The van der Waals surface area contributed by atoms with Crippen molar-refractivity contribution in [3.8, 4) is 0 Å². The van der Waals surface area contributed by atoms with Crippen molar-refractivity contribution < 1.29 is 12.9 Å². The number of unbranched alkanes of at least 4 members (excludes halogenated alkanes) is 3. The largest absolute Gasteiger partial charge is 0.380 e. The number of carbonyl (C=O) groups excluding carboxylic acids is 1. The van der Waals surface area contributed by atoms with Gasteiger partial charge in [0.25, 0.3) is 0 Å². The summed E-state index contributed by atoms with van der Waals surface area (Å²) in [4.78, 5) is 13.7. The predicted octanol–water partition coefficient (Wildman–Crippen LogP) is 3.03. The molecule has 1 fully saturated rings. The molecule has 0 N–H and O–H groups in total. The van der Waals surface area contributed by atoms with Gasteiger partial charge in [0.1, 0.15) is 6.20 Å². The Morgan fingerprint density at radius 1 is 1.44 bits per heavy atom. The highest BCUT2D eigenvalue weighted by atomic mass is 32.2. The first-order valence-electron chi connectivity index (χ1n) is 6.93. The molecule has 18 heavy (non-hydrogen) atoms. The third kappa shape index (κ3) is 3.42. The van der Waals surface area contributed by atoms with E-state index in [9.17, 15) is 4.79 Å². The zero-order chi connectivity index (χ0) is 12.8. The Bertz CT molecular complexity index is 322. The summed E-state index contributed by atoms with van der Waals surface area (Å²) >= 11 is 1.47. The predicted molar refractivity (Wildman–Crippen MR) is 72.9 cm³/mol. The molecule has 0 saturated carbocycles. The van der Waals surface area contributed by atoms with Crippen molar-refractivity contribution in [2.75, 3.05) is 19.8 Å². The molecule has 0 radical (unpaired) electrons. The highest BCUT2D eigenvalue weighted by Crippen LogP contribution is 2.33. The molecule has 0 aromatic rings. The lowest BCUT2D eigenvalue weighted by Gasteiger charge is -2.30. The SMILES string of the molecule is CCCCCC[N+]1(CN2CCCC2=O)C=COS1. The van der Waals surface area contributed by atoms with Gasteiger partial charge in [0, 0.05) is 13.0 Å². The maximum atomic E-state index is 11.7. The summed E-state index contributed by atoms with van der Waals surface area (Å²) in [5.74, 6) is 0.293. The van der Waals surface area contributed by atoms with Crippen LogP contribution in [0.3, 0.4) is 0 Å². The number of amides is 1. The molecule has 1 amide bonds. The Morgan fingerprint density at radius 2 is 2.33 bits per heavy atom. The number of likely N-dealkylation sites (tertiary alicyclic amines) is 1. The number of carbonyl (C=O) groups is 1. The Hall–Kier alpha value is -0.680. The topological polar surface area (TPSA) is 29.5 Å². The molecule has 1 atom stereocenters. The molecule has 1 saturated heterocycles. The van der Waals surface area contributed by atoms with E-state index in [0.717, 1.165) is 30.1 Å². The number of quaternary nitrogens is 1. The average Bonchev–Trinajstić information content (AvgIpc) is 2.97. The normalized spacial score (nSPS) is 26.9. The standard InChI is InChI=1S/C13H23N2O2S/c1-2-3-4-5-9-15(10-11-17-18-15)12-14-8-6-7-13(14)16/h10-11H,2-9,12H2,1H3/q+1. The van der Waals surface area contributed by atoms with Gasteiger partial charge >= 0.3 is 12.2 Å². The van der Waals surface area contributed by atoms with Gasteiger partial charge in [-0.15, -0.1) is 0 Å². The van der Waals surface area contributed by atoms with Gasteiger partial charge in [-0.25, -0.2) is 0 Å². The van der Waals surface area contributed by atoms with Gasteiger partial charge in [-0.2, -0.15) is 3.89 Å². The summed E-state index contributed by atoms with van der Waals surface area (Å²) in [6.07, 6.45) is 10.6.